The average Bonchev–Trinajstić information content (AvgIpc) is 2.68. The maximum Gasteiger partial charge on any atom is 0.265 e. The van der Waals surface area contributed by atoms with E-state index in [1.54, 1.807) is 30.0 Å². The molecule has 2 fully saturated rings. The lowest BCUT2D eigenvalue weighted by Crippen LogP contribution is -2.57. The molecule has 0 aromatic heterocycles. The maximum atomic E-state index is 13.2. The van der Waals surface area contributed by atoms with Gasteiger partial charge in [0.15, 0.2) is 11.9 Å². The van der Waals surface area contributed by atoms with Crippen molar-refractivity contribution < 1.29 is 19.1 Å². The van der Waals surface area contributed by atoms with Crippen LogP contribution in [0.4, 0.5) is 5.69 Å². The van der Waals surface area contributed by atoms with Crippen LogP contribution < -0.4 is 15.4 Å². The number of halogens is 1. The fraction of sp³-hybridized carbons (Fsp3) is 0.526. The van der Waals surface area contributed by atoms with Crippen LogP contribution in [0.2, 0.25) is 0 Å². The Hall–Kier alpha value is -2.32. The summed E-state index contributed by atoms with van der Waals surface area (Å²) in [4.78, 5) is 40.9. The minimum atomic E-state index is -0.640. The monoisotopic (exact) mass is 408 g/mol. The van der Waals surface area contributed by atoms with E-state index in [-0.39, 0.29) is 36.2 Å². The number of benzene rings is 1. The van der Waals surface area contributed by atoms with Crippen LogP contribution in [0.3, 0.4) is 0 Å². The number of likely N-dealkylation sites (tertiary alicyclic amines) is 1. The summed E-state index contributed by atoms with van der Waals surface area (Å²) >= 11 is 0. The van der Waals surface area contributed by atoms with Crippen LogP contribution >= 0.6 is 12.4 Å². The number of nitrogens with zero attached hydrogens (tertiary/aromatic N) is 2. The van der Waals surface area contributed by atoms with Crippen molar-refractivity contribution in [2.75, 3.05) is 38.0 Å². The predicted octanol–water partition coefficient (Wildman–Crippen LogP) is 0.864. The van der Waals surface area contributed by atoms with Crippen molar-refractivity contribution in [3.63, 3.8) is 0 Å². The van der Waals surface area contributed by atoms with Crippen molar-refractivity contribution in [3.8, 4) is 5.75 Å². The number of nitrogens with one attached hydrogen (secondary N) is 2. The minimum Gasteiger partial charge on any atom is -0.478 e. The molecule has 9 heteroatoms. The van der Waals surface area contributed by atoms with E-state index in [1.165, 1.54) is 0 Å². The third-order valence-corrected chi connectivity index (χ3v) is 5.42. The van der Waals surface area contributed by atoms with Gasteiger partial charge in [-0.25, -0.2) is 0 Å². The second-order valence-corrected chi connectivity index (χ2v) is 7.24. The van der Waals surface area contributed by atoms with Crippen LogP contribution in [0.25, 0.3) is 0 Å². The summed E-state index contributed by atoms with van der Waals surface area (Å²) < 4.78 is 5.72. The number of para-hydroxylation sites is 1. The van der Waals surface area contributed by atoms with Gasteiger partial charge in [-0.1, -0.05) is 6.07 Å². The molecule has 2 saturated heterocycles. The number of carbonyl (C=O) groups is 3. The van der Waals surface area contributed by atoms with E-state index in [0.29, 0.717) is 43.2 Å². The Morgan fingerprint density at radius 1 is 1.25 bits per heavy atom. The Kier molecular flexibility index (Phi) is 6.10. The second kappa shape index (κ2) is 8.36. The van der Waals surface area contributed by atoms with Crippen LogP contribution in [0, 0.1) is 0 Å². The number of piperidine rings is 1. The third kappa shape index (κ3) is 3.79. The highest BCUT2D eigenvalue weighted by atomic mass is 35.5. The lowest BCUT2D eigenvalue weighted by molar-refractivity contribution is -0.135. The van der Waals surface area contributed by atoms with Gasteiger partial charge in [0.05, 0.1) is 17.8 Å². The summed E-state index contributed by atoms with van der Waals surface area (Å²) in [6, 6.07) is 5.25. The minimum absolute atomic E-state index is 0. The van der Waals surface area contributed by atoms with Crippen molar-refractivity contribution in [2.45, 2.75) is 31.9 Å². The molecule has 1 aromatic rings. The Labute approximate surface area is 170 Å². The summed E-state index contributed by atoms with van der Waals surface area (Å²) in [6.45, 7) is 4.67. The molecular weight excluding hydrogens is 384 g/mol. The summed E-state index contributed by atoms with van der Waals surface area (Å²) in [5.74, 6) is 0.178. The molecule has 1 aromatic carbocycles. The van der Waals surface area contributed by atoms with Gasteiger partial charge in [0, 0.05) is 32.2 Å². The largest absolute Gasteiger partial charge is 0.478 e. The number of hydrogen-bond acceptors (Lipinski definition) is 5. The molecule has 2 N–H and O–H groups in total. The molecule has 0 radical (unpaired) electrons. The van der Waals surface area contributed by atoms with E-state index in [0.717, 1.165) is 19.4 Å². The molecule has 0 bridgehead atoms. The maximum absolute atomic E-state index is 13.2. The Morgan fingerprint density at radius 2 is 2.07 bits per heavy atom. The Bertz CT molecular complexity index is 787. The topological polar surface area (TPSA) is 91.0 Å². The standard InChI is InChI=1S/C19H24N4O4.ClH/c1-12-18(25)21-15-6-2-5-14(17(15)27-12)19(26)22-8-3-4-13(11-22)23-9-7-20-10-16(23)24;/h2,5-6,12-13,20H,3-4,7-11H2,1H3,(H,21,25);1H. The van der Waals surface area contributed by atoms with Gasteiger partial charge in [-0.15, -0.1) is 12.4 Å². The fourth-order valence-electron chi connectivity index (χ4n) is 3.97. The highest BCUT2D eigenvalue weighted by molar-refractivity contribution is 6.04. The Balaban J connectivity index is 0.00000225. The number of rotatable bonds is 2. The predicted molar refractivity (Wildman–Crippen MR) is 106 cm³/mol. The number of amides is 3. The Morgan fingerprint density at radius 3 is 2.86 bits per heavy atom. The first-order valence-electron chi connectivity index (χ1n) is 9.44. The van der Waals surface area contributed by atoms with E-state index in [9.17, 15) is 14.4 Å². The summed E-state index contributed by atoms with van der Waals surface area (Å²) in [5, 5.41) is 5.86. The third-order valence-electron chi connectivity index (χ3n) is 5.42. The van der Waals surface area contributed by atoms with Crippen molar-refractivity contribution in [1.82, 2.24) is 15.1 Å². The van der Waals surface area contributed by atoms with E-state index < -0.39 is 6.10 Å². The molecule has 3 aliphatic heterocycles. The zero-order valence-corrected chi connectivity index (χ0v) is 16.6. The van der Waals surface area contributed by atoms with Crippen LogP contribution in [0.15, 0.2) is 18.2 Å². The lowest BCUT2D eigenvalue weighted by Gasteiger charge is -2.41. The highest BCUT2D eigenvalue weighted by Gasteiger charge is 2.34. The molecule has 152 valence electrons. The van der Waals surface area contributed by atoms with Crippen molar-refractivity contribution in [3.05, 3.63) is 23.8 Å². The molecule has 0 aliphatic carbocycles. The first kappa shape index (κ1) is 20.4. The van der Waals surface area contributed by atoms with Crippen molar-refractivity contribution in [2.24, 2.45) is 0 Å². The van der Waals surface area contributed by atoms with E-state index in [4.69, 9.17) is 4.74 Å². The molecule has 28 heavy (non-hydrogen) atoms. The summed E-state index contributed by atoms with van der Waals surface area (Å²) in [5.41, 5.74) is 0.974. The quantitative estimate of drug-likeness (QED) is 0.757. The molecular formula is C19H25ClN4O4. The normalized spacial score (nSPS) is 24.6. The average molecular weight is 409 g/mol. The summed E-state index contributed by atoms with van der Waals surface area (Å²) in [6.07, 6.45) is 1.13. The van der Waals surface area contributed by atoms with Gasteiger partial charge in [0.1, 0.15) is 0 Å². The number of carbonyl (C=O) groups excluding carboxylic acids is 3. The molecule has 8 nitrogen and oxygen atoms in total. The van der Waals surface area contributed by atoms with Crippen molar-refractivity contribution in [1.29, 1.82) is 0 Å². The summed E-state index contributed by atoms with van der Waals surface area (Å²) in [7, 11) is 0. The molecule has 2 atom stereocenters. The zero-order chi connectivity index (χ0) is 19.0. The SMILES string of the molecule is CC1Oc2c(cccc2C(=O)N2CCCC(N3CCNCC3=O)C2)NC1=O.Cl. The van der Waals surface area contributed by atoms with Crippen LogP contribution in [0.5, 0.6) is 5.75 Å². The molecule has 3 heterocycles. The molecule has 0 spiro atoms. The first-order chi connectivity index (χ1) is 13.0. The fourth-order valence-corrected chi connectivity index (χ4v) is 3.97. The van der Waals surface area contributed by atoms with Gasteiger partial charge >= 0.3 is 0 Å². The van der Waals surface area contributed by atoms with E-state index in [1.807, 2.05) is 4.90 Å². The molecule has 2 unspecified atom stereocenters. The zero-order valence-electron chi connectivity index (χ0n) is 15.8. The van der Waals surface area contributed by atoms with E-state index >= 15 is 0 Å². The van der Waals surface area contributed by atoms with Crippen molar-refractivity contribution >= 4 is 35.8 Å². The van der Waals surface area contributed by atoms with Gasteiger partial charge in [-0.2, -0.15) is 0 Å². The number of anilines is 1. The number of hydrogen-bond donors (Lipinski definition) is 2. The van der Waals surface area contributed by atoms with Gasteiger partial charge < -0.3 is 25.2 Å². The highest BCUT2D eigenvalue weighted by Crippen LogP contribution is 2.34. The molecule has 0 saturated carbocycles. The lowest BCUT2D eigenvalue weighted by atomic mass is 10.0. The molecule has 3 aliphatic rings. The number of ether oxygens (including phenoxy) is 1. The van der Waals surface area contributed by atoms with Gasteiger partial charge in [-0.05, 0) is 31.9 Å². The van der Waals surface area contributed by atoms with Gasteiger partial charge in [0.25, 0.3) is 11.8 Å². The van der Waals surface area contributed by atoms with Gasteiger partial charge in [0.2, 0.25) is 5.91 Å². The van der Waals surface area contributed by atoms with Crippen LogP contribution in [-0.4, -0.2) is 72.4 Å². The number of fused-ring (bicyclic) bond motifs is 1. The second-order valence-electron chi connectivity index (χ2n) is 7.24. The van der Waals surface area contributed by atoms with Crippen LogP contribution in [-0.2, 0) is 9.59 Å². The van der Waals surface area contributed by atoms with Gasteiger partial charge in [-0.3, -0.25) is 14.4 Å². The first-order valence-corrected chi connectivity index (χ1v) is 9.44. The molecule has 3 amide bonds. The van der Waals surface area contributed by atoms with E-state index in [2.05, 4.69) is 10.6 Å². The molecule has 4 rings (SSSR count). The van der Waals surface area contributed by atoms with Crippen LogP contribution in [0.1, 0.15) is 30.1 Å². The number of piperazine rings is 1. The smallest absolute Gasteiger partial charge is 0.265 e.